The zero-order valence-electron chi connectivity index (χ0n) is 17.4. The fraction of sp³-hybridized carbons (Fsp3) is 0.364. The summed E-state index contributed by atoms with van der Waals surface area (Å²) in [7, 11) is 0. The number of carbonyl (C=O) groups excluding carboxylic acids is 1. The van der Waals surface area contributed by atoms with E-state index in [-0.39, 0.29) is 23.6 Å². The van der Waals surface area contributed by atoms with Crippen LogP contribution in [-0.4, -0.2) is 32.8 Å². The van der Waals surface area contributed by atoms with Gasteiger partial charge in [0.1, 0.15) is 27.5 Å². The van der Waals surface area contributed by atoms with Crippen LogP contribution in [0.2, 0.25) is 0 Å². The third-order valence-electron chi connectivity index (χ3n) is 5.61. The number of thiocarbonyl (C=S) groups is 1. The Morgan fingerprint density at radius 1 is 1.32 bits per heavy atom. The molecule has 2 fully saturated rings. The Balaban J connectivity index is 1.83. The highest BCUT2D eigenvalue weighted by molar-refractivity contribution is 8.26. The Kier molecular flexibility index (Phi) is 6.03. The second-order valence-electron chi connectivity index (χ2n) is 7.44. The van der Waals surface area contributed by atoms with Crippen molar-refractivity contribution in [1.29, 1.82) is 5.26 Å². The number of rotatable bonds is 5. The van der Waals surface area contributed by atoms with Crippen LogP contribution >= 0.6 is 24.0 Å². The summed E-state index contributed by atoms with van der Waals surface area (Å²) in [4.78, 5) is 30.2. The van der Waals surface area contributed by atoms with Crippen molar-refractivity contribution in [1.82, 2.24) is 9.47 Å². The van der Waals surface area contributed by atoms with Gasteiger partial charge < -0.3 is 9.32 Å². The van der Waals surface area contributed by atoms with E-state index in [0.717, 1.165) is 37.3 Å². The van der Waals surface area contributed by atoms with E-state index in [1.54, 1.807) is 36.0 Å². The fourth-order valence-electron chi connectivity index (χ4n) is 4.03. The molecule has 4 heterocycles. The van der Waals surface area contributed by atoms with Gasteiger partial charge in [0, 0.05) is 25.2 Å². The highest BCUT2D eigenvalue weighted by Crippen LogP contribution is 2.37. The quantitative estimate of drug-likeness (QED) is 0.504. The largest absolute Gasteiger partial charge is 0.467 e. The van der Waals surface area contributed by atoms with E-state index in [9.17, 15) is 14.9 Å². The first kappa shape index (κ1) is 21.4. The zero-order valence-corrected chi connectivity index (χ0v) is 19.0. The number of nitrogens with zero attached hydrogens (tertiary/aromatic N) is 4. The number of anilines is 1. The number of amides is 1. The van der Waals surface area contributed by atoms with Gasteiger partial charge in [-0.1, -0.05) is 24.0 Å². The molecule has 160 valence electrons. The van der Waals surface area contributed by atoms with Gasteiger partial charge in [0.25, 0.3) is 11.5 Å². The summed E-state index contributed by atoms with van der Waals surface area (Å²) in [6, 6.07) is 5.63. The summed E-state index contributed by atoms with van der Waals surface area (Å²) in [5.74, 6) is 1.22. The zero-order chi connectivity index (χ0) is 22.1. The first-order chi connectivity index (χ1) is 15.0. The van der Waals surface area contributed by atoms with Crippen molar-refractivity contribution in [2.75, 3.05) is 18.0 Å². The van der Waals surface area contributed by atoms with E-state index < -0.39 is 0 Å². The Labute approximate surface area is 189 Å². The van der Waals surface area contributed by atoms with Gasteiger partial charge >= 0.3 is 0 Å². The minimum atomic E-state index is -0.285. The topological polar surface area (TPSA) is 82.5 Å². The molecule has 1 amide bonds. The van der Waals surface area contributed by atoms with Gasteiger partial charge in [-0.25, -0.2) is 0 Å². The van der Waals surface area contributed by atoms with Crippen LogP contribution in [0.5, 0.6) is 0 Å². The lowest BCUT2D eigenvalue weighted by Crippen LogP contribution is -2.32. The molecular weight excluding hydrogens is 432 g/mol. The molecule has 31 heavy (non-hydrogen) atoms. The maximum atomic E-state index is 13.1. The van der Waals surface area contributed by atoms with E-state index in [4.69, 9.17) is 16.6 Å². The summed E-state index contributed by atoms with van der Waals surface area (Å²) in [6.07, 6.45) is 5.44. The number of carbonyl (C=O) groups is 1. The number of hydrogen-bond donors (Lipinski definition) is 0. The lowest BCUT2D eigenvalue weighted by Gasteiger charge is -2.26. The number of nitriles is 1. The van der Waals surface area contributed by atoms with Gasteiger partial charge in [0.2, 0.25) is 0 Å². The molecule has 0 saturated carbocycles. The van der Waals surface area contributed by atoms with Crippen LogP contribution in [0.3, 0.4) is 0 Å². The molecule has 2 aromatic heterocycles. The summed E-state index contributed by atoms with van der Waals surface area (Å²) in [6.45, 7) is 6.06. The SMILES string of the molecule is CCn1c(N2CCCC2)c(/C=C2\SC(=S)N(Cc3ccco3)C2=O)c(C)c(C#N)c1=O. The summed E-state index contributed by atoms with van der Waals surface area (Å²) >= 11 is 6.67. The first-order valence-electron chi connectivity index (χ1n) is 10.2. The van der Waals surface area contributed by atoms with Gasteiger partial charge in [-0.2, -0.15) is 5.26 Å². The predicted octanol–water partition coefficient (Wildman–Crippen LogP) is 3.64. The molecule has 0 aromatic carbocycles. The normalized spacial score (nSPS) is 17.8. The van der Waals surface area contributed by atoms with Crippen molar-refractivity contribution < 1.29 is 9.21 Å². The number of pyridine rings is 1. The maximum Gasteiger partial charge on any atom is 0.270 e. The van der Waals surface area contributed by atoms with Crippen LogP contribution in [0.1, 0.15) is 42.2 Å². The molecule has 2 saturated heterocycles. The monoisotopic (exact) mass is 454 g/mol. The second kappa shape index (κ2) is 8.73. The van der Waals surface area contributed by atoms with Crippen molar-refractivity contribution in [2.24, 2.45) is 0 Å². The first-order valence-corrected chi connectivity index (χ1v) is 11.4. The van der Waals surface area contributed by atoms with Gasteiger partial charge in [-0.3, -0.25) is 19.1 Å². The molecular formula is C22H22N4O3S2. The standard InChI is InChI=1S/C22H22N4O3S2/c1-3-25-19(24-8-4-5-9-24)16(14(2)17(12-23)20(25)27)11-18-21(28)26(22(30)31-18)13-15-7-6-10-29-15/h6-7,10-11H,3-5,8-9,13H2,1-2H3/b18-11-. The Morgan fingerprint density at radius 2 is 2.06 bits per heavy atom. The second-order valence-corrected chi connectivity index (χ2v) is 9.12. The summed E-state index contributed by atoms with van der Waals surface area (Å²) < 4.78 is 7.46. The molecule has 2 aliphatic heterocycles. The van der Waals surface area contributed by atoms with E-state index in [2.05, 4.69) is 11.0 Å². The van der Waals surface area contributed by atoms with Crippen molar-refractivity contribution in [3.8, 4) is 6.07 Å². The lowest BCUT2D eigenvalue weighted by atomic mass is 10.0. The summed E-state index contributed by atoms with van der Waals surface area (Å²) in [5.41, 5.74) is 1.16. The van der Waals surface area contributed by atoms with E-state index in [1.807, 2.05) is 6.92 Å². The maximum absolute atomic E-state index is 13.1. The average molecular weight is 455 g/mol. The molecule has 4 rings (SSSR count). The fourth-order valence-corrected chi connectivity index (χ4v) is 5.27. The minimum absolute atomic E-state index is 0.113. The van der Waals surface area contributed by atoms with E-state index >= 15 is 0 Å². The van der Waals surface area contributed by atoms with Crippen molar-refractivity contribution in [3.63, 3.8) is 0 Å². The van der Waals surface area contributed by atoms with Gasteiger partial charge in [0.15, 0.2) is 0 Å². The Morgan fingerprint density at radius 3 is 2.68 bits per heavy atom. The molecule has 0 radical (unpaired) electrons. The molecule has 0 spiro atoms. The number of aromatic nitrogens is 1. The number of thioether (sulfide) groups is 1. The molecule has 2 aromatic rings. The molecule has 0 bridgehead atoms. The van der Waals surface area contributed by atoms with Gasteiger partial charge in [-0.05, 0) is 50.5 Å². The average Bonchev–Trinajstić information content (AvgIpc) is 3.50. The van der Waals surface area contributed by atoms with Crippen LogP contribution < -0.4 is 10.5 Å². The Bertz CT molecular complexity index is 1170. The molecule has 7 nitrogen and oxygen atoms in total. The number of furan rings is 1. The van der Waals surface area contributed by atoms with E-state index in [0.29, 0.717) is 27.1 Å². The van der Waals surface area contributed by atoms with Crippen molar-refractivity contribution in [2.45, 2.75) is 39.8 Å². The van der Waals surface area contributed by atoms with Crippen LogP contribution in [-0.2, 0) is 17.9 Å². The third kappa shape index (κ3) is 3.82. The Hall–Kier alpha value is -2.83. The molecule has 2 aliphatic rings. The van der Waals surface area contributed by atoms with E-state index in [1.165, 1.54) is 16.7 Å². The summed E-state index contributed by atoms with van der Waals surface area (Å²) in [5, 5.41) is 9.63. The predicted molar refractivity (Wildman–Crippen MR) is 125 cm³/mol. The number of hydrogen-bond acceptors (Lipinski definition) is 7. The van der Waals surface area contributed by atoms with Crippen LogP contribution in [0, 0.1) is 18.3 Å². The smallest absolute Gasteiger partial charge is 0.270 e. The molecule has 0 atom stereocenters. The molecule has 0 unspecified atom stereocenters. The highest BCUT2D eigenvalue weighted by Gasteiger charge is 2.34. The van der Waals surface area contributed by atoms with Crippen LogP contribution in [0.4, 0.5) is 5.82 Å². The molecule has 0 aliphatic carbocycles. The van der Waals surface area contributed by atoms with Crippen molar-refractivity contribution in [3.05, 3.63) is 56.1 Å². The molecule has 0 N–H and O–H groups in total. The molecule has 9 heteroatoms. The van der Waals surface area contributed by atoms with Crippen molar-refractivity contribution >= 4 is 46.1 Å². The lowest BCUT2D eigenvalue weighted by molar-refractivity contribution is -0.122. The van der Waals surface area contributed by atoms with Gasteiger partial charge in [-0.15, -0.1) is 0 Å². The van der Waals surface area contributed by atoms with Gasteiger partial charge in [0.05, 0.1) is 17.7 Å². The third-order valence-corrected chi connectivity index (χ3v) is 6.99. The highest BCUT2D eigenvalue weighted by atomic mass is 32.2. The van der Waals surface area contributed by atoms with Crippen LogP contribution in [0.15, 0.2) is 32.5 Å². The minimum Gasteiger partial charge on any atom is -0.467 e. The van der Waals surface area contributed by atoms with Crippen LogP contribution in [0.25, 0.3) is 6.08 Å².